The molecule has 0 N–H and O–H groups in total. The first kappa shape index (κ1) is 28.2. The van der Waals surface area contributed by atoms with E-state index in [1.165, 1.54) is 36.4 Å². The van der Waals surface area contributed by atoms with Crippen LogP contribution in [-0.4, -0.2) is 12.8 Å². The molecule has 0 aliphatic rings. The van der Waals surface area contributed by atoms with Gasteiger partial charge < -0.3 is 4.74 Å². The monoisotopic (exact) mass is 546 g/mol. The Morgan fingerprint density at radius 3 is 2.13 bits per heavy atom. The Bertz CT molecular complexity index is 1480. The van der Waals surface area contributed by atoms with Crippen molar-refractivity contribution in [2.24, 2.45) is 0 Å². The molecule has 0 saturated heterocycles. The van der Waals surface area contributed by atoms with Crippen molar-refractivity contribution in [3.05, 3.63) is 113 Å². The third-order valence-electron chi connectivity index (χ3n) is 6.33. The molecular formula is C31H25F7O. The summed E-state index contributed by atoms with van der Waals surface area (Å²) in [6.07, 6.45) is 0.811. The fourth-order valence-corrected chi connectivity index (χ4v) is 4.40. The van der Waals surface area contributed by atoms with Crippen LogP contribution in [0.5, 0.6) is 5.75 Å². The largest absolute Gasteiger partial charge is 0.481 e. The summed E-state index contributed by atoms with van der Waals surface area (Å²) in [7, 11) is 0. The molecule has 0 unspecified atom stereocenters. The molecule has 0 saturated carbocycles. The van der Waals surface area contributed by atoms with Crippen LogP contribution >= 0.6 is 0 Å². The van der Waals surface area contributed by atoms with Crippen LogP contribution < -0.4 is 4.74 Å². The number of benzene rings is 4. The highest BCUT2D eigenvalue weighted by atomic mass is 19.4. The van der Waals surface area contributed by atoms with Crippen LogP contribution in [0.1, 0.15) is 30.0 Å². The zero-order valence-corrected chi connectivity index (χ0v) is 21.0. The number of alkyl halides is 3. The lowest BCUT2D eigenvalue weighted by Crippen LogP contribution is -2.19. The second-order valence-electron chi connectivity index (χ2n) is 9.19. The lowest BCUT2D eigenvalue weighted by Gasteiger charge is -2.12. The fraction of sp³-hybridized carbons (Fsp3) is 0.226. The molecule has 0 aromatic heterocycles. The first-order valence-electron chi connectivity index (χ1n) is 12.3. The molecule has 0 aliphatic carbocycles. The average molecular weight is 547 g/mol. The molecule has 0 radical (unpaired) electrons. The van der Waals surface area contributed by atoms with Crippen LogP contribution in [-0.2, 0) is 19.3 Å². The van der Waals surface area contributed by atoms with Crippen molar-refractivity contribution in [3.8, 4) is 16.9 Å². The zero-order chi connectivity index (χ0) is 28.2. The van der Waals surface area contributed by atoms with Gasteiger partial charge in [0.1, 0.15) is 17.5 Å². The van der Waals surface area contributed by atoms with Crippen molar-refractivity contribution in [1.29, 1.82) is 0 Å². The first-order valence-corrected chi connectivity index (χ1v) is 12.3. The van der Waals surface area contributed by atoms with Gasteiger partial charge in [-0.2, -0.15) is 13.2 Å². The van der Waals surface area contributed by atoms with E-state index in [1.54, 1.807) is 12.1 Å². The second-order valence-corrected chi connectivity index (χ2v) is 9.19. The number of fused-ring (bicyclic) bond motifs is 1. The molecule has 4 aromatic rings. The van der Waals surface area contributed by atoms with Crippen molar-refractivity contribution >= 4 is 10.8 Å². The molecule has 0 amide bonds. The minimum atomic E-state index is -4.58. The summed E-state index contributed by atoms with van der Waals surface area (Å²) in [5, 5.41) is 0.726. The maximum Gasteiger partial charge on any atom is 0.422 e. The topological polar surface area (TPSA) is 9.23 Å². The van der Waals surface area contributed by atoms with E-state index in [9.17, 15) is 26.3 Å². The minimum absolute atomic E-state index is 0.180. The van der Waals surface area contributed by atoms with Gasteiger partial charge in [-0.1, -0.05) is 42.5 Å². The Morgan fingerprint density at radius 2 is 1.46 bits per heavy atom. The van der Waals surface area contributed by atoms with Crippen LogP contribution in [0.3, 0.4) is 0 Å². The lowest BCUT2D eigenvalue weighted by atomic mass is 9.95. The van der Waals surface area contributed by atoms with Gasteiger partial charge in [0.2, 0.25) is 0 Å². The molecular weight excluding hydrogens is 521 g/mol. The molecule has 39 heavy (non-hydrogen) atoms. The maximum absolute atomic E-state index is 15.3. The molecule has 0 aliphatic heterocycles. The number of rotatable bonds is 9. The van der Waals surface area contributed by atoms with Crippen LogP contribution in [0.15, 0.2) is 72.8 Å². The van der Waals surface area contributed by atoms with E-state index >= 15 is 4.39 Å². The van der Waals surface area contributed by atoms with Gasteiger partial charge in [0, 0.05) is 5.39 Å². The zero-order valence-electron chi connectivity index (χ0n) is 21.0. The summed E-state index contributed by atoms with van der Waals surface area (Å²) in [6.45, 7) is 0.272. The summed E-state index contributed by atoms with van der Waals surface area (Å²) in [5.74, 6) is -3.34. The summed E-state index contributed by atoms with van der Waals surface area (Å²) < 4.78 is 100. The van der Waals surface area contributed by atoms with Crippen LogP contribution in [0.4, 0.5) is 30.7 Å². The van der Waals surface area contributed by atoms with Gasteiger partial charge in [-0.05, 0) is 90.6 Å². The number of allylic oxidation sites excluding steroid dienone is 2. The van der Waals surface area contributed by atoms with E-state index in [-0.39, 0.29) is 29.4 Å². The normalized spacial score (nSPS) is 12.0. The van der Waals surface area contributed by atoms with Gasteiger partial charge >= 0.3 is 6.18 Å². The van der Waals surface area contributed by atoms with Gasteiger partial charge in [0.05, 0.1) is 5.56 Å². The van der Waals surface area contributed by atoms with Crippen molar-refractivity contribution in [1.82, 2.24) is 0 Å². The number of hydrogen-bond donors (Lipinski definition) is 0. The molecule has 8 heteroatoms. The van der Waals surface area contributed by atoms with Crippen molar-refractivity contribution in [2.45, 2.75) is 38.8 Å². The minimum Gasteiger partial charge on any atom is -0.481 e. The smallest absolute Gasteiger partial charge is 0.422 e. The van der Waals surface area contributed by atoms with Gasteiger partial charge in [-0.3, -0.25) is 0 Å². The Hall–Kier alpha value is -3.81. The Kier molecular flexibility index (Phi) is 8.63. The predicted molar refractivity (Wildman–Crippen MR) is 138 cm³/mol. The third kappa shape index (κ3) is 6.99. The third-order valence-corrected chi connectivity index (χ3v) is 6.33. The molecule has 1 nitrogen and oxygen atoms in total. The molecule has 0 atom stereocenters. The van der Waals surface area contributed by atoms with Crippen LogP contribution in [0.25, 0.3) is 21.9 Å². The summed E-state index contributed by atoms with van der Waals surface area (Å²) in [6, 6.07) is 13.9. The molecule has 0 fully saturated rings. The maximum atomic E-state index is 15.3. The van der Waals surface area contributed by atoms with E-state index in [2.05, 4.69) is 4.74 Å². The standard InChI is InChI=1S/C31H25F7O/c1-2-3-4-5-20-15-26(33)29(27(34)16-20)23-11-12-24-22(17-23)10-9-21(30(24)35)8-6-19-7-13-28(25(32)14-19)39-18-31(36,37)38/h2-3,7,9-17H,4-6,8,18H2,1H3/b3-2+. The average Bonchev–Trinajstić information content (AvgIpc) is 2.87. The molecule has 4 aromatic carbocycles. The van der Waals surface area contributed by atoms with Crippen LogP contribution in [0, 0.1) is 23.3 Å². The summed E-state index contributed by atoms with van der Waals surface area (Å²) in [4.78, 5) is 0. The summed E-state index contributed by atoms with van der Waals surface area (Å²) >= 11 is 0. The quantitative estimate of drug-likeness (QED) is 0.150. The first-order chi connectivity index (χ1) is 18.6. The highest BCUT2D eigenvalue weighted by molar-refractivity contribution is 5.88. The SMILES string of the molecule is C/C=C/CCc1cc(F)c(-c2ccc3c(F)c(CCc4ccc(OCC(F)(F)F)c(F)c4)ccc3c2)c(F)c1. The Balaban J connectivity index is 1.51. The van der Waals surface area contributed by atoms with Gasteiger partial charge in [-0.25, -0.2) is 17.6 Å². The molecule has 4 rings (SSSR count). The predicted octanol–water partition coefficient (Wildman–Crippen LogP) is 9.30. The van der Waals surface area contributed by atoms with Crippen molar-refractivity contribution < 1.29 is 35.5 Å². The second kappa shape index (κ2) is 11.9. The van der Waals surface area contributed by atoms with Gasteiger partial charge in [0.15, 0.2) is 18.2 Å². The molecule has 0 heterocycles. The van der Waals surface area contributed by atoms with E-state index in [1.807, 2.05) is 19.1 Å². The summed E-state index contributed by atoms with van der Waals surface area (Å²) in [5.41, 5.74) is 1.46. The van der Waals surface area contributed by atoms with E-state index in [4.69, 9.17) is 0 Å². The Labute approximate surface area is 221 Å². The van der Waals surface area contributed by atoms with Crippen molar-refractivity contribution in [2.75, 3.05) is 6.61 Å². The number of halogens is 7. The van der Waals surface area contributed by atoms with E-state index < -0.39 is 41.8 Å². The van der Waals surface area contributed by atoms with E-state index in [0.717, 1.165) is 12.1 Å². The highest BCUT2D eigenvalue weighted by Crippen LogP contribution is 2.32. The van der Waals surface area contributed by atoms with Crippen molar-refractivity contribution in [3.63, 3.8) is 0 Å². The Morgan fingerprint density at radius 1 is 0.744 bits per heavy atom. The fourth-order valence-electron chi connectivity index (χ4n) is 4.40. The molecule has 204 valence electrons. The van der Waals surface area contributed by atoms with Crippen LogP contribution in [0.2, 0.25) is 0 Å². The van der Waals surface area contributed by atoms with E-state index in [0.29, 0.717) is 34.9 Å². The van der Waals surface area contributed by atoms with Gasteiger partial charge in [-0.15, -0.1) is 0 Å². The molecule has 0 bridgehead atoms. The lowest BCUT2D eigenvalue weighted by molar-refractivity contribution is -0.153. The number of hydrogen-bond acceptors (Lipinski definition) is 1. The number of aryl methyl sites for hydroxylation is 3. The van der Waals surface area contributed by atoms with Gasteiger partial charge in [0.25, 0.3) is 0 Å². The highest BCUT2D eigenvalue weighted by Gasteiger charge is 2.29. The molecule has 0 spiro atoms. The number of ether oxygens (including phenoxy) is 1.